The fraction of sp³-hybridized carbons (Fsp3) is 0.429. The van der Waals surface area contributed by atoms with Gasteiger partial charge in [0.1, 0.15) is 5.41 Å². The van der Waals surface area contributed by atoms with Crippen molar-refractivity contribution in [3.8, 4) is 6.07 Å². The number of hydrogen-bond acceptors (Lipinski definition) is 3. The predicted molar refractivity (Wildman–Crippen MR) is 73.4 cm³/mol. The molecule has 20 heavy (non-hydrogen) atoms. The van der Waals surface area contributed by atoms with Crippen LogP contribution in [0.15, 0.2) is 29.2 Å². The van der Waals surface area contributed by atoms with Gasteiger partial charge in [-0.2, -0.15) is 14.0 Å². The van der Waals surface area contributed by atoms with Crippen molar-refractivity contribution in [2.24, 2.45) is 11.3 Å². The zero-order valence-corrected chi connectivity index (χ0v) is 11.7. The molecule has 1 aliphatic carbocycles. The molecule has 1 N–H and O–H groups in total. The molecule has 1 aromatic carbocycles. The molecule has 1 fully saturated rings. The quantitative estimate of drug-likeness (QED) is 0.858. The first kappa shape index (κ1) is 14.8. The third-order valence-electron chi connectivity index (χ3n) is 3.39. The van der Waals surface area contributed by atoms with Crippen molar-refractivity contribution in [1.29, 1.82) is 5.26 Å². The Morgan fingerprint density at radius 1 is 1.50 bits per heavy atom. The molecule has 6 heteroatoms. The van der Waals surface area contributed by atoms with E-state index in [1.54, 1.807) is 18.2 Å². The minimum absolute atomic E-state index is 0.302. The van der Waals surface area contributed by atoms with Crippen LogP contribution in [0, 0.1) is 22.7 Å². The lowest BCUT2D eigenvalue weighted by molar-refractivity contribution is -0.128. The molecule has 1 amide bonds. The number of alkyl halides is 2. The summed E-state index contributed by atoms with van der Waals surface area (Å²) >= 11 is 0.380. The van der Waals surface area contributed by atoms with Crippen molar-refractivity contribution >= 4 is 23.4 Å². The van der Waals surface area contributed by atoms with Crippen molar-refractivity contribution in [2.75, 3.05) is 5.32 Å². The third kappa shape index (κ3) is 2.93. The number of nitrogens with one attached hydrogen (secondary N) is 1. The highest BCUT2D eigenvalue weighted by Crippen LogP contribution is 2.46. The lowest BCUT2D eigenvalue weighted by Gasteiger charge is -2.39. The SMILES string of the molecule is CC1CC(C#N)(C(=O)Nc2ccccc2SC(F)F)C1. The van der Waals surface area contributed by atoms with Crippen LogP contribution in [0.25, 0.3) is 0 Å². The second-order valence-corrected chi connectivity index (χ2v) is 6.07. The summed E-state index contributed by atoms with van der Waals surface area (Å²) in [6, 6.07) is 8.44. The molecule has 0 aliphatic heterocycles. The smallest absolute Gasteiger partial charge is 0.288 e. The van der Waals surface area contributed by atoms with E-state index in [4.69, 9.17) is 0 Å². The normalized spacial score (nSPS) is 24.9. The number of nitriles is 1. The highest BCUT2D eigenvalue weighted by Gasteiger charge is 2.49. The van der Waals surface area contributed by atoms with Gasteiger partial charge in [-0.1, -0.05) is 30.8 Å². The van der Waals surface area contributed by atoms with E-state index in [1.165, 1.54) is 6.07 Å². The van der Waals surface area contributed by atoms with Crippen LogP contribution in [-0.4, -0.2) is 11.7 Å². The summed E-state index contributed by atoms with van der Waals surface area (Å²) in [6.45, 7) is 1.98. The van der Waals surface area contributed by atoms with Gasteiger partial charge in [0.15, 0.2) is 0 Å². The molecule has 3 nitrogen and oxygen atoms in total. The molecule has 0 atom stereocenters. The lowest BCUT2D eigenvalue weighted by Crippen LogP contribution is -2.45. The largest absolute Gasteiger partial charge is 0.324 e. The second-order valence-electron chi connectivity index (χ2n) is 5.04. The Bertz CT molecular complexity index is 550. The minimum Gasteiger partial charge on any atom is -0.324 e. The van der Waals surface area contributed by atoms with Gasteiger partial charge in [-0.05, 0) is 30.9 Å². The molecule has 2 rings (SSSR count). The average Bonchev–Trinajstić information content (AvgIpc) is 2.36. The summed E-state index contributed by atoms with van der Waals surface area (Å²) in [5, 5.41) is 11.8. The summed E-state index contributed by atoms with van der Waals surface area (Å²) < 4.78 is 24.9. The van der Waals surface area contributed by atoms with E-state index in [0.29, 0.717) is 41.1 Å². The van der Waals surface area contributed by atoms with E-state index in [2.05, 4.69) is 11.4 Å². The predicted octanol–water partition coefficient (Wildman–Crippen LogP) is 3.88. The standard InChI is InChI=1S/C14H14F2N2OS/c1-9-6-14(7-9,8-17)12(19)18-10-4-2-3-5-11(10)20-13(15)16/h2-5,9,13H,6-7H2,1H3,(H,18,19). The number of hydrogen-bond donors (Lipinski definition) is 1. The number of amides is 1. The zero-order chi connectivity index (χ0) is 14.8. The van der Waals surface area contributed by atoms with Crippen molar-refractivity contribution in [3.05, 3.63) is 24.3 Å². The highest BCUT2D eigenvalue weighted by molar-refractivity contribution is 7.99. The molecule has 106 valence electrons. The number of nitrogens with zero attached hydrogens (tertiary/aromatic N) is 1. The Morgan fingerprint density at radius 3 is 2.70 bits per heavy atom. The minimum atomic E-state index is -2.55. The summed E-state index contributed by atoms with van der Waals surface area (Å²) in [6.07, 6.45) is 1.03. The lowest BCUT2D eigenvalue weighted by atomic mass is 9.63. The first-order chi connectivity index (χ1) is 9.47. The summed E-state index contributed by atoms with van der Waals surface area (Å²) in [5.41, 5.74) is -0.681. The molecule has 0 radical (unpaired) electrons. The van der Waals surface area contributed by atoms with Gasteiger partial charge in [0.25, 0.3) is 5.76 Å². The van der Waals surface area contributed by atoms with E-state index >= 15 is 0 Å². The van der Waals surface area contributed by atoms with Gasteiger partial charge in [0.05, 0.1) is 11.8 Å². The van der Waals surface area contributed by atoms with E-state index in [-0.39, 0.29) is 0 Å². The number of carbonyl (C=O) groups is 1. The van der Waals surface area contributed by atoms with E-state index in [0.717, 1.165) is 0 Å². The van der Waals surface area contributed by atoms with Gasteiger partial charge in [0, 0.05) is 4.90 Å². The average molecular weight is 296 g/mol. The van der Waals surface area contributed by atoms with Crippen LogP contribution in [0.2, 0.25) is 0 Å². The van der Waals surface area contributed by atoms with Crippen LogP contribution in [0.1, 0.15) is 19.8 Å². The molecule has 0 aromatic heterocycles. The van der Waals surface area contributed by atoms with E-state index in [9.17, 15) is 18.8 Å². The highest BCUT2D eigenvalue weighted by atomic mass is 32.2. The van der Waals surface area contributed by atoms with Gasteiger partial charge in [0.2, 0.25) is 5.91 Å². The van der Waals surface area contributed by atoms with Gasteiger partial charge in [-0.15, -0.1) is 0 Å². The van der Waals surface area contributed by atoms with Crippen LogP contribution in [-0.2, 0) is 4.79 Å². The number of anilines is 1. The third-order valence-corrected chi connectivity index (χ3v) is 4.18. The maximum Gasteiger partial charge on any atom is 0.288 e. The number of carbonyl (C=O) groups excluding carboxylic acids is 1. The number of para-hydroxylation sites is 1. The Balaban J connectivity index is 2.14. The van der Waals surface area contributed by atoms with Crippen molar-refractivity contribution < 1.29 is 13.6 Å². The molecule has 0 spiro atoms. The van der Waals surface area contributed by atoms with Gasteiger partial charge in [-0.25, -0.2) is 0 Å². The number of halogens is 2. The van der Waals surface area contributed by atoms with Crippen molar-refractivity contribution in [2.45, 2.75) is 30.4 Å². The molecular formula is C14H14F2N2OS. The number of rotatable bonds is 4. The topological polar surface area (TPSA) is 52.9 Å². The fourth-order valence-electron chi connectivity index (χ4n) is 2.47. The molecule has 1 aromatic rings. The molecular weight excluding hydrogens is 282 g/mol. The van der Waals surface area contributed by atoms with E-state index in [1.807, 2.05) is 6.92 Å². The Kier molecular flexibility index (Phi) is 4.29. The number of benzene rings is 1. The number of thioether (sulfide) groups is 1. The summed E-state index contributed by atoms with van der Waals surface area (Å²) in [5.74, 6) is -2.62. The Morgan fingerprint density at radius 2 is 2.15 bits per heavy atom. The molecule has 0 bridgehead atoms. The molecule has 0 unspecified atom stereocenters. The van der Waals surface area contributed by atoms with Crippen LogP contribution in [0.5, 0.6) is 0 Å². The van der Waals surface area contributed by atoms with Crippen molar-refractivity contribution in [1.82, 2.24) is 0 Å². The molecule has 1 saturated carbocycles. The summed E-state index contributed by atoms with van der Waals surface area (Å²) in [4.78, 5) is 12.5. The van der Waals surface area contributed by atoms with Crippen LogP contribution >= 0.6 is 11.8 Å². The Hall–Kier alpha value is -1.61. The first-order valence-electron chi connectivity index (χ1n) is 6.23. The van der Waals surface area contributed by atoms with Crippen LogP contribution in [0.4, 0.5) is 14.5 Å². The summed E-state index contributed by atoms with van der Waals surface area (Å²) in [7, 11) is 0. The van der Waals surface area contributed by atoms with Crippen LogP contribution in [0.3, 0.4) is 0 Å². The fourth-order valence-corrected chi connectivity index (χ4v) is 3.06. The Labute approximate surface area is 120 Å². The second kappa shape index (κ2) is 5.80. The molecule has 1 aliphatic rings. The first-order valence-corrected chi connectivity index (χ1v) is 7.11. The molecule has 0 saturated heterocycles. The monoisotopic (exact) mass is 296 g/mol. The van der Waals surface area contributed by atoms with Gasteiger partial charge in [-0.3, -0.25) is 4.79 Å². The zero-order valence-electron chi connectivity index (χ0n) is 10.9. The molecule has 0 heterocycles. The van der Waals surface area contributed by atoms with Gasteiger partial charge < -0.3 is 5.32 Å². The van der Waals surface area contributed by atoms with Gasteiger partial charge >= 0.3 is 0 Å². The van der Waals surface area contributed by atoms with E-state index < -0.39 is 17.1 Å². The maximum atomic E-state index is 12.5. The maximum absolute atomic E-state index is 12.5. The van der Waals surface area contributed by atoms with Crippen molar-refractivity contribution in [3.63, 3.8) is 0 Å². The van der Waals surface area contributed by atoms with Crippen LogP contribution < -0.4 is 5.32 Å².